The monoisotopic (exact) mass is 340 g/mol. The molecule has 5 N–H and O–H groups in total. The summed E-state index contributed by atoms with van der Waals surface area (Å²) in [6.45, 7) is 5.83. The van der Waals surface area contributed by atoms with Crippen molar-refractivity contribution in [3.8, 4) is 0 Å². The van der Waals surface area contributed by atoms with Crippen molar-refractivity contribution in [1.29, 1.82) is 0 Å². The van der Waals surface area contributed by atoms with E-state index in [9.17, 15) is 13.2 Å². The van der Waals surface area contributed by atoms with Gasteiger partial charge in [-0.2, -0.15) is 13.2 Å². The summed E-state index contributed by atoms with van der Waals surface area (Å²) in [5.74, 6) is 0.539. The molecule has 0 saturated heterocycles. The van der Waals surface area contributed by atoms with Gasteiger partial charge in [0.05, 0.1) is 5.56 Å². The van der Waals surface area contributed by atoms with E-state index >= 15 is 0 Å². The third-order valence-corrected chi connectivity index (χ3v) is 2.89. The minimum atomic E-state index is -4.42. The van der Waals surface area contributed by atoms with Gasteiger partial charge in [-0.3, -0.25) is 0 Å². The number of nitrogen functional groups attached to an aromatic ring is 1. The number of halogens is 3. The summed E-state index contributed by atoms with van der Waals surface area (Å²) < 4.78 is 38.3. The zero-order valence-electron chi connectivity index (χ0n) is 13.5. The fourth-order valence-corrected chi connectivity index (χ4v) is 1.75. The van der Waals surface area contributed by atoms with E-state index in [0.717, 1.165) is 12.1 Å². The quantitative estimate of drug-likeness (QED) is 0.637. The molecule has 24 heavy (non-hydrogen) atoms. The first-order valence-electron chi connectivity index (χ1n) is 7.14. The number of hydrogen-bond acceptors (Lipinski definition) is 6. The van der Waals surface area contributed by atoms with E-state index in [2.05, 4.69) is 26.1 Å². The van der Waals surface area contributed by atoms with E-state index < -0.39 is 11.7 Å². The number of nitrogens with two attached hydrogens (primary N) is 1. The molecule has 0 saturated carbocycles. The first kappa shape index (κ1) is 17.8. The summed E-state index contributed by atoms with van der Waals surface area (Å²) in [5.41, 5.74) is 11.3. The number of benzene rings is 1. The van der Waals surface area contributed by atoms with Gasteiger partial charge in [-0.15, -0.1) is 0 Å². The van der Waals surface area contributed by atoms with Gasteiger partial charge in [0.1, 0.15) is 12.0 Å². The van der Waals surface area contributed by atoms with E-state index in [1.807, 2.05) is 20.8 Å². The van der Waals surface area contributed by atoms with Crippen LogP contribution in [0.1, 0.15) is 26.3 Å². The average Bonchev–Trinajstić information content (AvgIpc) is 2.47. The van der Waals surface area contributed by atoms with Gasteiger partial charge in [0.15, 0.2) is 11.6 Å². The Morgan fingerprint density at radius 1 is 1.04 bits per heavy atom. The third kappa shape index (κ3) is 4.72. The molecular formula is C15H19F3N6. The fraction of sp³-hybridized carbons (Fsp3) is 0.333. The van der Waals surface area contributed by atoms with Crippen molar-refractivity contribution in [2.45, 2.75) is 32.5 Å². The maximum absolute atomic E-state index is 12.8. The molecule has 0 unspecified atom stereocenters. The molecule has 6 nitrogen and oxygen atoms in total. The molecule has 0 spiro atoms. The summed E-state index contributed by atoms with van der Waals surface area (Å²) in [5, 5.41) is 2.78. The molecule has 0 atom stereocenters. The van der Waals surface area contributed by atoms with E-state index in [4.69, 9.17) is 5.73 Å². The van der Waals surface area contributed by atoms with E-state index in [1.165, 1.54) is 18.5 Å². The largest absolute Gasteiger partial charge is 0.416 e. The van der Waals surface area contributed by atoms with Crippen molar-refractivity contribution in [2.75, 3.05) is 16.5 Å². The molecule has 9 heteroatoms. The molecule has 130 valence electrons. The molecular weight excluding hydrogens is 321 g/mol. The normalized spacial score (nSPS) is 12.1. The first-order valence-corrected chi connectivity index (χ1v) is 7.14. The van der Waals surface area contributed by atoms with E-state index in [1.54, 1.807) is 0 Å². The summed E-state index contributed by atoms with van der Waals surface area (Å²) in [6.07, 6.45) is -3.16. The molecule has 1 aromatic carbocycles. The SMILES string of the molecule is CC(C)(C)NNc1ncnc(Nc2cccc(C(F)(F)F)c2)c1N. The summed E-state index contributed by atoms with van der Waals surface area (Å²) in [6, 6.07) is 4.79. The van der Waals surface area contributed by atoms with Crippen LogP contribution < -0.4 is 21.9 Å². The number of nitrogens with zero attached hydrogens (tertiary/aromatic N) is 2. The van der Waals surface area contributed by atoms with Gasteiger partial charge >= 0.3 is 6.18 Å². The van der Waals surface area contributed by atoms with Gasteiger partial charge in [0, 0.05) is 11.2 Å². The molecule has 2 rings (SSSR count). The van der Waals surface area contributed by atoms with Crippen LogP contribution in [0.3, 0.4) is 0 Å². The Hall–Kier alpha value is -2.55. The second-order valence-corrected chi connectivity index (χ2v) is 6.19. The average molecular weight is 340 g/mol. The maximum Gasteiger partial charge on any atom is 0.416 e. The van der Waals surface area contributed by atoms with Crippen molar-refractivity contribution in [3.63, 3.8) is 0 Å². The van der Waals surface area contributed by atoms with Crippen LogP contribution in [0.15, 0.2) is 30.6 Å². The number of alkyl halides is 3. The van der Waals surface area contributed by atoms with Gasteiger partial charge in [-0.25, -0.2) is 15.4 Å². The highest BCUT2D eigenvalue weighted by molar-refractivity contribution is 5.77. The molecule has 0 bridgehead atoms. The topological polar surface area (TPSA) is 87.9 Å². The van der Waals surface area contributed by atoms with Gasteiger partial charge in [-0.05, 0) is 39.0 Å². The van der Waals surface area contributed by atoms with Crippen molar-refractivity contribution in [2.24, 2.45) is 0 Å². The van der Waals surface area contributed by atoms with Gasteiger partial charge < -0.3 is 16.5 Å². The van der Waals surface area contributed by atoms with Crippen molar-refractivity contribution >= 4 is 23.0 Å². The number of rotatable bonds is 4. The van der Waals surface area contributed by atoms with Crippen LogP contribution in [0.4, 0.5) is 36.2 Å². The summed E-state index contributed by atoms with van der Waals surface area (Å²) in [7, 11) is 0. The molecule has 0 radical (unpaired) electrons. The molecule has 1 heterocycles. The minimum Gasteiger partial charge on any atom is -0.393 e. The minimum absolute atomic E-state index is 0.187. The van der Waals surface area contributed by atoms with E-state index in [-0.39, 0.29) is 22.7 Å². The zero-order valence-corrected chi connectivity index (χ0v) is 13.5. The highest BCUT2D eigenvalue weighted by Gasteiger charge is 2.30. The molecule has 0 fully saturated rings. The number of hydrazine groups is 1. The van der Waals surface area contributed by atoms with Crippen molar-refractivity contribution in [1.82, 2.24) is 15.4 Å². The highest BCUT2D eigenvalue weighted by atomic mass is 19.4. The predicted molar refractivity (Wildman–Crippen MR) is 87.7 cm³/mol. The van der Waals surface area contributed by atoms with Crippen molar-refractivity contribution < 1.29 is 13.2 Å². The summed E-state index contributed by atoms with van der Waals surface area (Å²) in [4.78, 5) is 7.98. The fourth-order valence-electron chi connectivity index (χ4n) is 1.75. The Morgan fingerprint density at radius 3 is 2.33 bits per heavy atom. The third-order valence-electron chi connectivity index (χ3n) is 2.89. The Morgan fingerprint density at radius 2 is 1.71 bits per heavy atom. The number of nitrogens with one attached hydrogen (secondary N) is 3. The molecule has 0 aliphatic rings. The zero-order chi connectivity index (χ0) is 18.0. The van der Waals surface area contributed by atoms with E-state index in [0.29, 0.717) is 5.82 Å². The van der Waals surface area contributed by atoms with Gasteiger partial charge in [0.25, 0.3) is 0 Å². The predicted octanol–water partition coefficient (Wildman–Crippen LogP) is 3.54. The second-order valence-electron chi connectivity index (χ2n) is 6.19. The first-order chi connectivity index (χ1) is 11.1. The van der Waals surface area contributed by atoms with Crippen LogP contribution in [0.5, 0.6) is 0 Å². The Balaban J connectivity index is 2.22. The molecule has 0 amide bonds. The summed E-state index contributed by atoms with van der Waals surface area (Å²) >= 11 is 0. The number of hydrogen-bond donors (Lipinski definition) is 4. The molecule has 1 aromatic heterocycles. The highest BCUT2D eigenvalue weighted by Crippen LogP contribution is 2.32. The molecule has 0 aliphatic heterocycles. The van der Waals surface area contributed by atoms with Crippen LogP contribution in [0.2, 0.25) is 0 Å². The number of anilines is 4. The smallest absolute Gasteiger partial charge is 0.393 e. The Kier molecular flexibility index (Phi) is 4.83. The lowest BCUT2D eigenvalue weighted by molar-refractivity contribution is -0.137. The van der Waals surface area contributed by atoms with Crippen molar-refractivity contribution in [3.05, 3.63) is 36.2 Å². The standard InChI is InChI=1S/C15H19F3N6/c1-14(2,3)24-23-13-11(19)12(20-8-21-13)22-10-6-4-5-9(7-10)15(16,17)18/h4-8,24H,19H2,1-3H3,(H2,20,21,22,23). The molecule has 2 aromatic rings. The Bertz CT molecular complexity index is 709. The van der Waals surface area contributed by atoms with Gasteiger partial charge in [-0.1, -0.05) is 6.07 Å². The van der Waals surface area contributed by atoms with Crippen LogP contribution in [0, 0.1) is 0 Å². The lowest BCUT2D eigenvalue weighted by Crippen LogP contribution is -2.40. The number of aromatic nitrogens is 2. The van der Waals surface area contributed by atoms with Crippen LogP contribution in [0.25, 0.3) is 0 Å². The second kappa shape index (κ2) is 6.52. The maximum atomic E-state index is 12.8. The lowest BCUT2D eigenvalue weighted by Gasteiger charge is -2.22. The molecule has 0 aliphatic carbocycles. The van der Waals surface area contributed by atoms with Gasteiger partial charge in [0.2, 0.25) is 0 Å². The van der Waals surface area contributed by atoms with Crippen LogP contribution in [-0.2, 0) is 6.18 Å². The lowest BCUT2D eigenvalue weighted by atomic mass is 10.1. The van der Waals surface area contributed by atoms with Crippen LogP contribution in [-0.4, -0.2) is 15.5 Å². The van der Waals surface area contributed by atoms with Crippen LogP contribution >= 0.6 is 0 Å². The Labute approximate surface area is 137 Å².